The summed E-state index contributed by atoms with van der Waals surface area (Å²) >= 11 is 0. The van der Waals surface area contributed by atoms with Crippen LogP contribution >= 0.6 is 0 Å². The van der Waals surface area contributed by atoms with Crippen molar-refractivity contribution in [2.45, 2.75) is 6.92 Å². The Morgan fingerprint density at radius 2 is 2.19 bits per heavy atom. The molecule has 0 aliphatic heterocycles. The summed E-state index contributed by atoms with van der Waals surface area (Å²) < 4.78 is 5.27. The molecule has 0 saturated heterocycles. The molecule has 0 aliphatic rings. The van der Waals surface area contributed by atoms with E-state index < -0.39 is 0 Å². The fourth-order valence-corrected chi connectivity index (χ4v) is 1.60. The molecule has 1 aromatic heterocycles. The van der Waals surface area contributed by atoms with E-state index in [4.69, 9.17) is 15.7 Å². The van der Waals surface area contributed by atoms with Crippen LogP contribution in [0.4, 0.5) is 5.69 Å². The van der Waals surface area contributed by atoms with E-state index in [0.29, 0.717) is 22.7 Å². The smallest absolute Gasteiger partial charge is 0.259 e. The van der Waals surface area contributed by atoms with Gasteiger partial charge in [-0.3, -0.25) is 9.89 Å². The van der Waals surface area contributed by atoms with Gasteiger partial charge in [-0.1, -0.05) is 5.16 Å². The number of benzene rings is 1. The molecule has 0 radical (unpaired) electrons. The number of amides is 1. The Morgan fingerprint density at radius 3 is 2.76 bits per heavy atom. The van der Waals surface area contributed by atoms with Crippen LogP contribution in [0.3, 0.4) is 0 Å². The van der Waals surface area contributed by atoms with Crippen molar-refractivity contribution in [2.75, 3.05) is 11.9 Å². The van der Waals surface area contributed by atoms with Gasteiger partial charge in [-0.05, 0) is 31.2 Å². The molecule has 0 aliphatic carbocycles. The molecule has 5 N–H and O–H groups in total. The van der Waals surface area contributed by atoms with Gasteiger partial charge in [0.2, 0.25) is 0 Å². The van der Waals surface area contributed by atoms with Gasteiger partial charge in [0.05, 0.1) is 11.8 Å². The first-order valence-electron chi connectivity index (χ1n) is 6.10. The maximum atomic E-state index is 12.0. The number of nitrogens with zero attached hydrogens (tertiary/aromatic N) is 2. The minimum atomic E-state index is -0.244. The number of oxime groups is 1. The van der Waals surface area contributed by atoms with Gasteiger partial charge in [-0.25, -0.2) is 0 Å². The van der Waals surface area contributed by atoms with Gasteiger partial charge in [0.25, 0.3) is 5.91 Å². The van der Waals surface area contributed by atoms with Crippen molar-refractivity contribution < 1.29 is 14.7 Å². The lowest BCUT2D eigenvalue weighted by Crippen LogP contribution is -2.20. The van der Waals surface area contributed by atoms with Crippen LogP contribution in [-0.4, -0.2) is 33.8 Å². The molecule has 8 nitrogen and oxygen atoms in total. The molecule has 0 atom stereocenters. The fraction of sp³-hybridized carbons (Fsp3) is 0.154. The van der Waals surface area contributed by atoms with Gasteiger partial charge in [-0.2, -0.15) is 5.10 Å². The van der Waals surface area contributed by atoms with Gasteiger partial charge < -0.3 is 21.0 Å². The number of carbonyl (C=O) groups excluding carboxylic acids is 1. The Kier molecular flexibility index (Phi) is 4.39. The molecule has 0 spiro atoms. The molecule has 0 bridgehead atoms. The van der Waals surface area contributed by atoms with Crippen molar-refractivity contribution in [3.05, 3.63) is 41.7 Å². The SMILES string of the molecule is Cc1[nH]ncc1C(=O)Nc1ccc(OCC(N)=NO)cc1. The molecule has 1 amide bonds. The number of ether oxygens (including phenoxy) is 1. The van der Waals surface area contributed by atoms with Crippen LogP contribution in [0, 0.1) is 6.92 Å². The van der Waals surface area contributed by atoms with Gasteiger partial charge in [0.15, 0.2) is 5.84 Å². The number of carbonyl (C=O) groups is 1. The lowest BCUT2D eigenvalue weighted by atomic mass is 10.2. The minimum absolute atomic E-state index is 0.0174. The summed E-state index contributed by atoms with van der Waals surface area (Å²) in [5.41, 5.74) is 7.10. The summed E-state index contributed by atoms with van der Waals surface area (Å²) in [5.74, 6) is 0.272. The quantitative estimate of drug-likeness (QED) is 0.284. The van der Waals surface area contributed by atoms with Gasteiger partial charge in [0.1, 0.15) is 12.4 Å². The average molecular weight is 289 g/mol. The Hall–Kier alpha value is -3.03. The van der Waals surface area contributed by atoms with E-state index in [1.807, 2.05) is 0 Å². The number of aromatic amines is 1. The highest BCUT2D eigenvalue weighted by Gasteiger charge is 2.10. The van der Waals surface area contributed by atoms with E-state index in [2.05, 4.69) is 20.7 Å². The van der Waals surface area contributed by atoms with E-state index in [1.54, 1.807) is 31.2 Å². The highest BCUT2D eigenvalue weighted by Crippen LogP contribution is 2.16. The average Bonchev–Trinajstić information content (AvgIpc) is 2.92. The number of anilines is 1. The Bertz CT molecular complexity index is 648. The van der Waals surface area contributed by atoms with Crippen LogP contribution < -0.4 is 15.8 Å². The van der Waals surface area contributed by atoms with Crippen LogP contribution in [0.2, 0.25) is 0 Å². The van der Waals surface area contributed by atoms with Gasteiger partial charge >= 0.3 is 0 Å². The van der Waals surface area contributed by atoms with Gasteiger partial charge in [0, 0.05) is 11.4 Å². The van der Waals surface area contributed by atoms with Crippen molar-refractivity contribution >= 4 is 17.4 Å². The zero-order valence-corrected chi connectivity index (χ0v) is 11.3. The predicted molar refractivity (Wildman–Crippen MR) is 76.6 cm³/mol. The molecule has 110 valence electrons. The van der Waals surface area contributed by atoms with Crippen LogP contribution in [0.1, 0.15) is 16.1 Å². The van der Waals surface area contributed by atoms with E-state index in [9.17, 15) is 4.79 Å². The lowest BCUT2D eigenvalue weighted by Gasteiger charge is -2.07. The molecule has 2 rings (SSSR count). The first-order valence-corrected chi connectivity index (χ1v) is 6.10. The topological polar surface area (TPSA) is 126 Å². The van der Waals surface area contributed by atoms with Crippen molar-refractivity contribution in [1.82, 2.24) is 10.2 Å². The second-order valence-electron chi connectivity index (χ2n) is 4.27. The Morgan fingerprint density at radius 1 is 1.48 bits per heavy atom. The zero-order chi connectivity index (χ0) is 15.2. The molecular formula is C13H15N5O3. The summed E-state index contributed by atoms with van der Waals surface area (Å²) in [6.07, 6.45) is 1.47. The Labute approximate surface area is 120 Å². The Balaban J connectivity index is 1.96. The molecule has 1 aromatic carbocycles. The van der Waals surface area contributed by atoms with E-state index in [1.165, 1.54) is 6.20 Å². The van der Waals surface area contributed by atoms with Crippen molar-refractivity contribution in [3.8, 4) is 5.75 Å². The van der Waals surface area contributed by atoms with E-state index in [-0.39, 0.29) is 18.3 Å². The summed E-state index contributed by atoms with van der Waals surface area (Å²) in [6.45, 7) is 1.75. The third-order valence-electron chi connectivity index (χ3n) is 2.70. The molecule has 0 saturated carbocycles. The highest BCUT2D eigenvalue weighted by atomic mass is 16.5. The number of nitrogens with one attached hydrogen (secondary N) is 2. The number of aryl methyl sites for hydroxylation is 1. The molecule has 21 heavy (non-hydrogen) atoms. The molecular weight excluding hydrogens is 274 g/mol. The number of aromatic nitrogens is 2. The predicted octanol–water partition coefficient (Wildman–Crippen LogP) is 1.10. The molecule has 2 aromatic rings. The molecule has 0 unspecified atom stereocenters. The standard InChI is InChI=1S/C13H15N5O3/c1-8-11(6-15-17-8)13(19)16-9-2-4-10(5-3-9)21-7-12(14)18-20/h2-6,20H,7H2,1H3,(H2,14,18)(H,15,17)(H,16,19). The minimum Gasteiger partial charge on any atom is -0.486 e. The maximum absolute atomic E-state index is 12.0. The van der Waals surface area contributed by atoms with Crippen LogP contribution in [-0.2, 0) is 0 Å². The number of amidine groups is 1. The van der Waals surface area contributed by atoms with Crippen molar-refractivity contribution in [3.63, 3.8) is 0 Å². The second kappa shape index (κ2) is 6.42. The van der Waals surface area contributed by atoms with Crippen molar-refractivity contribution in [1.29, 1.82) is 0 Å². The number of H-pyrrole nitrogens is 1. The number of hydrogen-bond donors (Lipinski definition) is 4. The number of rotatable bonds is 5. The molecule has 0 fully saturated rings. The van der Waals surface area contributed by atoms with E-state index in [0.717, 1.165) is 0 Å². The van der Waals surface area contributed by atoms with Crippen LogP contribution in [0.25, 0.3) is 0 Å². The third-order valence-corrected chi connectivity index (χ3v) is 2.70. The monoisotopic (exact) mass is 289 g/mol. The first-order chi connectivity index (χ1) is 10.1. The van der Waals surface area contributed by atoms with E-state index >= 15 is 0 Å². The fourth-order valence-electron chi connectivity index (χ4n) is 1.60. The normalized spacial score (nSPS) is 11.2. The second-order valence-corrected chi connectivity index (χ2v) is 4.27. The van der Waals surface area contributed by atoms with Crippen molar-refractivity contribution in [2.24, 2.45) is 10.9 Å². The number of hydrogen-bond acceptors (Lipinski definition) is 5. The largest absolute Gasteiger partial charge is 0.486 e. The summed E-state index contributed by atoms with van der Waals surface area (Å²) in [5, 5.41) is 20.4. The third kappa shape index (κ3) is 3.72. The highest BCUT2D eigenvalue weighted by molar-refractivity contribution is 6.04. The zero-order valence-electron chi connectivity index (χ0n) is 11.3. The number of nitrogens with two attached hydrogens (primary N) is 1. The summed E-state index contributed by atoms with van der Waals surface area (Å²) in [7, 11) is 0. The van der Waals surface area contributed by atoms with Crippen LogP contribution in [0.5, 0.6) is 5.75 Å². The van der Waals surface area contributed by atoms with Crippen LogP contribution in [0.15, 0.2) is 35.6 Å². The maximum Gasteiger partial charge on any atom is 0.259 e. The van der Waals surface area contributed by atoms with Gasteiger partial charge in [-0.15, -0.1) is 0 Å². The lowest BCUT2D eigenvalue weighted by molar-refractivity contribution is 0.102. The summed E-state index contributed by atoms with van der Waals surface area (Å²) in [4.78, 5) is 12.0. The first kappa shape index (κ1) is 14.4. The molecule has 1 heterocycles. The summed E-state index contributed by atoms with van der Waals surface area (Å²) in [6, 6.07) is 6.72. The molecule has 8 heteroatoms.